The molecular formula is C20H25FN4O3. The van der Waals surface area contributed by atoms with Gasteiger partial charge in [-0.2, -0.15) is 4.99 Å². The number of hydrogen-bond donors (Lipinski definition) is 0. The number of benzene rings is 1. The highest BCUT2D eigenvalue weighted by atomic mass is 19.1. The van der Waals surface area contributed by atoms with Gasteiger partial charge in [0.1, 0.15) is 5.75 Å². The maximum atomic E-state index is 14.0. The van der Waals surface area contributed by atoms with Crippen molar-refractivity contribution in [1.82, 2.24) is 9.80 Å². The van der Waals surface area contributed by atoms with E-state index >= 15 is 0 Å². The number of alkyl halides is 1. The molecule has 2 aliphatic rings. The molecule has 0 saturated carbocycles. The van der Waals surface area contributed by atoms with Gasteiger partial charge in [-0.1, -0.05) is 32.0 Å². The van der Waals surface area contributed by atoms with E-state index in [1.165, 1.54) is 0 Å². The van der Waals surface area contributed by atoms with Gasteiger partial charge in [0.05, 0.1) is 19.2 Å². The fourth-order valence-electron chi connectivity index (χ4n) is 3.32. The molecule has 1 aromatic rings. The first kappa shape index (κ1) is 20.0. The molecule has 150 valence electrons. The lowest BCUT2D eigenvalue weighted by molar-refractivity contribution is -0.131. The van der Waals surface area contributed by atoms with Gasteiger partial charge >= 0.3 is 0 Å². The highest BCUT2D eigenvalue weighted by Crippen LogP contribution is 2.20. The molecule has 0 radical (unpaired) electrons. The lowest BCUT2D eigenvalue weighted by Gasteiger charge is -2.36. The molecule has 0 N–H and O–H groups in total. The van der Waals surface area contributed by atoms with E-state index < -0.39 is 12.1 Å². The molecule has 2 aliphatic heterocycles. The maximum absolute atomic E-state index is 14.0. The average molecular weight is 388 g/mol. The number of carbonyl (C=O) groups excluding carboxylic acids is 2. The van der Waals surface area contributed by atoms with Gasteiger partial charge in [-0.05, 0) is 12.0 Å². The highest BCUT2D eigenvalue weighted by molar-refractivity contribution is 6.18. The van der Waals surface area contributed by atoms with Crippen molar-refractivity contribution in [3.05, 3.63) is 29.8 Å². The van der Waals surface area contributed by atoms with Crippen molar-refractivity contribution in [2.45, 2.75) is 26.4 Å². The fraction of sp³-hybridized carbons (Fsp3) is 0.500. The number of methoxy groups -OCH3 is 1. The Morgan fingerprint density at radius 3 is 2.54 bits per heavy atom. The number of rotatable bonds is 4. The maximum Gasteiger partial charge on any atom is 0.289 e. The third kappa shape index (κ3) is 4.21. The summed E-state index contributed by atoms with van der Waals surface area (Å²) in [5, 5.41) is 0. The summed E-state index contributed by atoms with van der Waals surface area (Å²) in [6.45, 7) is 5.58. The molecular weight excluding hydrogens is 363 g/mol. The van der Waals surface area contributed by atoms with E-state index in [2.05, 4.69) is 9.98 Å². The Morgan fingerprint density at radius 1 is 1.21 bits per heavy atom. The van der Waals surface area contributed by atoms with Crippen LogP contribution in [0.3, 0.4) is 0 Å². The number of piperazine rings is 1. The molecule has 1 saturated heterocycles. The lowest BCUT2D eigenvalue weighted by atomic mass is 10.0. The first-order valence-electron chi connectivity index (χ1n) is 9.40. The van der Waals surface area contributed by atoms with Gasteiger partial charge in [0.25, 0.3) is 5.91 Å². The average Bonchev–Trinajstić information content (AvgIpc) is 2.70. The number of para-hydroxylation sites is 1. The summed E-state index contributed by atoms with van der Waals surface area (Å²) in [7, 11) is 1.59. The molecule has 1 aromatic carbocycles. The number of guanidine groups is 1. The van der Waals surface area contributed by atoms with E-state index in [1.54, 1.807) is 25.9 Å². The lowest BCUT2D eigenvalue weighted by Crippen LogP contribution is -2.52. The third-order valence-corrected chi connectivity index (χ3v) is 4.96. The van der Waals surface area contributed by atoms with Crippen molar-refractivity contribution in [3.63, 3.8) is 0 Å². The predicted molar refractivity (Wildman–Crippen MR) is 104 cm³/mol. The van der Waals surface area contributed by atoms with Crippen LogP contribution in [0.2, 0.25) is 0 Å². The fourth-order valence-corrected chi connectivity index (χ4v) is 3.32. The largest absolute Gasteiger partial charge is 0.496 e. The number of halogens is 1. The topological polar surface area (TPSA) is 74.6 Å². The van der Waals surface area contributed by atoms with Crippen LogP contribution in [0.25, 0.3) is 0 Å². The molecule has 1 atom stereocenters. The first-order chi connectivity index (χ1) is 13.4. The molecule has 2 heterocycles. The van der Waals surface area contributed by atoms with E-state index in [1.807, 2.05) is 29.2 Å². The SMILES string of the molecule is COc1ccccc1CC(=O)N1CCN(C2=NC(=O)C(F)C(C(C)C)=N2)CC1. The Balaban J connectivity index is 1.62. The van der Waals surface area contributed by atoms with Gasteiger partial charge in [-0.15, -0.1) is 0 Å². The van der Waals surface area contributed by atoms with Gasteiger partial charge in [-0.3, -0.25) is 9.59 Å². The Morgan fingerprint density at radius 2 is 1.89 bits per heavy atom. The van der Waals surface area contributed by atoms with E-state index in [0.29, 0.717) is 31.9 Å². The Kier molecular flexibility index (Phi) is 6.06. The second kappa shape index (κ2) is 8.50. The molecule has 2 amide bonds. The van der Waals surface area contributed by atoms with Gasteiger partial charge in [0, 0.05) is 31.7 Å². The molecule has 0 aromatic heterocycles. The van der Waals surface area contributed by atoms with E-state index in [4.69, 9.17) is 4.74 Å². The minimum absolute atomic E-state index is 0.0148. The van der Waals surface area contributed by atoms with Crippen molar-refractivity contribution >= 4 is 23.5 Å². The zero-order chi connectivity index (χ0) is 20.3. The van der Waals surface area contributed by atoms with Crippen LogP contribution in [0.5, 0.6) is 5.75 Å². The van der Waals surface area contributed by atoms with Crippen LogP contribution >= 0.6 is 0 Å². The molecule has 3 rings (SSSR count). The summed E-state index contributed by atoms with van der Waals surface area (Å²) in [5.74, 6) is -0.0159. The smallest absolute Gasteiger partial charge is 0.289 e. The van der Waals surface area contributed by atoms with Crippen LogP contribution < -0.4 is 4.74 Å². The summed E-state index contributed by atoms with van der Waals surface area (Å²) in [6.07, 6.45) is -1.49. The van der Waals surface area contributed by atoms with Crippen molar-refractivity contribution < 1.29 is 18.7 Å². The number of nitrogens with zero attached hydrogens (tertiary/aromatic N) is 4. The zero-order valence-corrected chi connectivity index (χ0v) is 16.4. The van der Waals surface area contributed by atoms with Crippen LogP contribution in [0, 0.1) is 5.92 Å². The molecule has 1 unspecified atom stereocenters. The van der Waals surface area contributed by atoms with Gasteiger partial charge in [0.2, 0.25) is 18.0 Å². The Hall–Kier alpha value is -2.77. The van der Waals surface area contributed by atoms with Crippen molar-refractivity contribution in [3.8, 4) is 5.75 Å². The molecule has 0 bridgehead atoms. The van der Waals surface area contributed by atoms with Crippen LogP contribution in [-0.2, 0) is 16.0 Å². The standard InChI is InChI=1S/C20H25FN4O3/c1-13(2)18-17(21)19(27)23-20(22-18)25-10-8-24(9-11-25)16(26)12-14-6-4-5-7-15(14)28-3/h4-7,13,17H,8-12H2,1-3H3. The minimum Gasteiger partial charge on any atom is -0.496 e. The summed E-state index contributed by atoms with van der Waals surface area (Å²) in [6, 6.07) is 7.46. The number of ether oxygens (including phenoxy) is 1. The number of carbonyl (C=O) groups is 2. The van der Waals surface area contributed by atoms with Gasteiger partial charge < -0.3 is 14.5 Å². The summed E-state index contributed by atoms with van der Waals surface area (Å²) >= 11 is 0. The second-order valence-corrected chi connectivity index (χ2v) is 7.16. The molecule has 8 heteroatoms. The van der Waals surface area contributed by atoms with Crippen molar-refractivity contribution in [2.75, 3.05) is 33.3 Å². The molecule has 0 spiro atoms. The summed E-state index contributed by atoms with van der Waals surface area (Å²) < 4.78 is 19.3. The van der Waals surface area contributed by atoms with E-state index in [9.17, 15) is 14.0 Å². The summed E-state index contributed by atoms with van der Waals surface area (Å²) in [5.41, 5.74) is 1.06. The predicted octanol–water partition coefficient (Wildman–Crippen LogP) is 1.71. The minimum atomic E-state index is -1.76. The number of aliphatic imine (C=N–C) groups is 2. The zero-order valence-electron chi connectivity index (χ0n) is 16.4. The van der Waals surface area contributed by atoms with E-state index in [-0.39, 0.29) is 29.9 Å². The molecule has 0 aliphatic carbocycles. The van der Waals surface area contributed by atoms with Crippen LogP contribution in [0.4, 0.5) is 4.39 Å². The quantitative estimate of drug-likeness (QED) is 0.787. The van der Waals surface area contributed by atoms with Crippen molar-refractivity contribution in [1.29, 1.82) is 0 Å². The van der Waals surface area contributed by atoms with Crippen LogP contribution in [-0.4, -0.2) is 72.7 Å². The van der Waals surface area contributed by atoms with Crippen molar-refractivity contribution in [2.24, 2.45) is 15.9 Å². The molecule has 28 heavy (non-hydrogen) atoms. The first-order valence-corrected chi connectivity index (χ1v) is 9.40. The van der Waals surface area contributed by atoms with Crippen LogP contribution in [0.1, 0.15) is 19.4 Å². The van der Waals surface area contributed by atoms with E-state index in [0.717, 1.165) is 5.56 Å². The Labute approximate surface area is 163 Å². The monoisotopic (exact) mass is 388 g/mol. The van der Waals surface area contributed by atoms with Gasteiger partial charge in [0.15, 0.2) is 0 Å². The number of hydrogen-bond acceptors (Lipinski definition) is 5. The summed E-state index contributed by atoms with van der Waals surface area (Å²) in [4.78, 5) is 36.2. The molecule has 1 fully saturated rings. The normalized spacial score (nSPS) is 20.2. The molecule has 7 nitrogen and oxygen atoms in total. The van der Waals surface area contributed by atoms with Gasteiger partial charge in [-0.25, -0.2) is 9.38 Å². The Bertz CT molecular complexity index is 813. The second-order valence-electron chi connectivity index (χ2n) is 7.16. The number of amides is 2. The van der Waals surface area contributed by atoms with Crippen LogP contribution in [0.15, 0.2) is 34.3 Å². The highest BCUT2D eigenvalue weighted by Gasteiger charge is 2.33. The third-order valence-electron chi connectivity index (χ3n) is 4.96.